The van der Waals surface area contributed by atoms with Crippen molar-refractivity contribution in [1.29, 1.82) is 5.26 Å². The van der Waals surface area contributed by atoms with Gasteiger partial charge in [0, 0.05) is 19.2 Å². The van der Waals surface area contributed by atoms with Crippen LogP contribution in [0.4, 0.5) is 5.69 Å². The molecular weight excluding hydrogens is 228 g/mol. The van der Waals surface area contributed by atoms with Crippen molar-refractivity contribution in [3.63, 3.8) is 0 Å². The predicted molar refractivity (Wildman–Crippen MR) is 71.9 cm³/mol. The fourth-order valence-corrected chi connectivity index (χ4v) is 1.48. The first-order chi connectivity index (χ1) is 8.67. The molecule has 0 amide bonds. The highest BCUT2D eigenvalue weighted by molar-refractivity contribution is 5.59. The van der Waals surface area contributed by atoms with Gasteiger partial charge in [-0.2, -0.15) is 5.26 Å². The summed E-state index contributed by atoms with van der Waals surface area (Å²) in [6, 6.07) is 7.42. The van der Waals surface area contributed by atoms with E-state index in [2.05, 4.69) is 25.2 Å². The average Bonchev–Trinajstić information content (AvgIpc) is 2.38. The maximum atomic E-state index is 8.80. The van der Waals surface area contributed by atoms with E-state index < -0.39 is 0 Å². The van der Waals surface area contributed by atoms with Crippen LogP contribution < -0.4 is 10.1 Å². The van der Waals surface area contributed by atoms with Gasteiger partial charge in [-0.05, 0) is 18.1 Å². The van der Waals surface area contributed by atoms with Gasteiger partial charge in [-0.1, -0.05) is 13.8 Å². The minimum atomic E-state index is 0.550. The van der Waals surface area contributed by atoms with Gasteiger partial charge in [-0.3, -0.25) is 0 Å². The molecule has 1 aromatic carbocycles. The summed E-state index contributed by atoms with van der Waals surface area (Å²) in [7, 11) is 1.59. The van der Waals surface area contributed by atoms with Crippen LogP contribution in [-0.2, 0) is 4.74 Å². The lowest BCUT2D eigenvalue weighted by molar-refractivity contribution is 0.118. The Kier molecular flexibility index (Phi) is 6.03. The number of nitriles is 1. The van der Waals surface area contributed by atoms with Gasteiger partial charge in [-0.15, -0.1) is 0 Å². The van der Waals surface area contributed by atoms with Crippen molar-refractivity contribution in [3.8, 4) is 11.8 Å². The number of methoxy groups -OCH3 is 1. The Morgan fingerprint density at radius 3 is 2.78 bits per heavy atom. The molecule has 0 saturated carbocycles. The van der Waals surface area contributed by atoms with Crippen LogP contribution in [0.15, 0.2) is 18.2 Å². The van der Waals surface area contributed by atoms with Crippen LogP contribution in [0.5, 0.6) is 5.75 Å². The topological polar surface area (TPSA) is 54.3 Å². The maximum Gasteiger partial charge on any atom is 0.143 e. The van der Waals surface area contributed by atoms with E-state index >= 15 is 0 Å². The smallest absolute Gasteiger partial charge is 0.143 e. The second-order valence-corrected chi connectivity index (χ2v) is 4.42. The lowest BCUT2D eigenvalue weighted by Gasteiger charge is -2.12. The van der Waals surface area contributed by atoms with Gasteiger partial charge in [0.15, 0.2) is 0 Å². The second-order valence-electron chi connectivity index (χ2n) is 4.42. The van der Waals surface area contributed by atoms with Crippen molar-refractivity contribution in [2.75, 3.05) is 32.2 Å². The van der Waals surface area contributed by atoms with Gasteiger partial charge >= 0.3 is 0 Å². The molecular formula is C14H20N2O2. The lowest BCUT2D eigenvalue weighted by atomic mass is 10.2. The van der Waals surface area contributed by atoms with E-state index in [1.54, 1.807) is 19.2 Å². The molecule has 0 unspecified atom stereocenters. The van der Waals surface area contributed by atoms with Crippen LogP contribution in [0.25, 0.3) is 0 Å². The molecule has 0 spiro atoms. The molecule has 0 saturated heterocycles. The van der Waals surface area contributed by atoms with Crippen molar-refractivity contribution in [2.45, 2.75) is 13.8 Å². The summed E-state index contributed by atoms with van der Waals surface area (Å²) in [5, 5.41) is 12.0. The summed E-state index contributed by atoms with van der Waals surface area (Å²) >= 11 is 0. The first-order valence-corrected chi connectivity index (χ1v) is 6.07. The summed E-state index contributed by atoms with van der Waals surface area (Å²) in [5.74, 6) is 1.23. The molecule has 4 nitrogen and oxygen atoms in total. The first-order valence-electron chi connectivity index (χ1n) is 6.07. The van der Waals surface area contributed by atoms with E-state index in [1.807, 2.05) is 6.07 Å². The molecule has 0 aromatic heterocycles. The van der Waals surface area contributed by atoms with Crippen LogP contribution in [0.3, 0.4) is 0 Å². The third-order valence-electron chi connectivity index (χ3n) is 2.34. The molecule has 1 rings (SSSR count). The van der Waals surface area contributed by atoms with E-state index in [-0.39, 0.29) is 0 Å². The van der Waals surface area contributed by atoms with Gasteiger partial charge in [-0.25, -0.2) is 0 Å². The maximum absolute atomic E-state index is 8.80. The highest BCUT2D eigenvalue weighted by Gasteiger charge is 2.03. The quantitative estimate of drug-likeness (QED) is 0.754. The van der Waals surface area contributed by atoms with E-state index in [0.717, 1.165) is 18.8 Å². The highest BCUT2D eigenvalue weighted by atomic mass is 16.5. The molecule has 0 radical (unpaired) electrons. The molecule has 4 heteroatoms. The monoisotopic (exact) mass is 248 g/mol. The summed E-state index contributed by atoms with van der Waals surface area (Å²) in [4.78, 5) is 0. The minimum absolute atomic E-state index is 0.550. The van der Waals surface area contributed by atoms with Gasteiger partial charge in [0.25, 0.3) is 0 Å². The number of nitrogens with one attached hydrogen (secondary N) is 1. The summed E-state index contributed by atoms with van der Waals surface area (Å²) < 4.78 is 10.7. The van der Waals surface area contributed by atoms with Crippen LogP contribution >= 0.6 is 0 Å². The molecule has 1 N–H and O–H groups in total. The number of nitrogens with zero attached hydrogens (tertiary/aromatic N) is 1. The zero-order valence-corrected chi connectivity index (χ0v) is 11.2. The fraction of sp³-hybridized carbons (Fsp3) is 0.500. The minimum Gasteiger partial charge on any atom is -0.495 e. The Balaban J connectivity index is 2.45. The van der Waals surface area contributed by atoms with E-state index in [0.29, 0.717) is 23.8 Å². The Morgan fingerprint density at radius 1 is 1.39 bits per heavy atom. The number of hydrogen-bond acceptors (Lipinski definition) is 4. The largest absolute Gasteiger partial charge is 0.495 e. The Bertz CT molecular complexity index is 411. The van der Waals surface area contributed by atoms with Crippen molar-refractivity contribution < 1.29 is 9.47 Å². The molecule has 98 valence electrons. The molecule has 0 aliphatic heterocycles. The standard InChI is InChI=1S/C14H20N2O2/c1-11(2)10-18-7-6-16-13-5-4-12(9-15)8-14(13)17-3/h4-5,8,11,16H,6-7,10H2,1-3H3. The molecule has 0 aliphatic carbocycles. The Hall–Kier alpha value is -1.73. The SMILES string of the molecule is COc1cc(C#N)ccc1NCCOCC(C)C. The van der Waals surface area contributed by atoms with Crippen molar-refractivity contribution in [1.82, 2.24) is 0 Å². The van der Waals surface area contributed by atoms with Crippen LogP contribution in [-0.4, -0.2) is 26.9 Å². The zero-order valence-electron chi connectivity index (χ0n) is 11.2. The molecule has 18 heavy (non-hydrogen) atoms. The molecule has 0 heterocycles. The van der Waals surface area contributed by atoms with Gasteiger partial charge in [0.05, 0.1) is 31.0 Å². The molecule has 0 aliphatic rings. The number of rotatable bonds is 7. The highest BCUT2D eigenvalue weighted by Crippen LogP contribution is 2.24. The fourth-order valence-electron chi connectivity index (χ4n) is 1.48. The normalized spacial score (nSPS) is 10.2. The van der Waals surface area contributed by atoms with E-state index in [1.165, 1.54) is 0 Å². The van der Waals surface area contributed by atoms with Gasteiger partial charge in [0.2, 0.25) is 0 Å². The summed E-state index contributed by atoms with van der Waals surface area (Å²) in [6.45, 7) is 6.39. The van der Waals surface area contributed by atoms with Crippen LogP contribution in [0.2, 0.25) is 0 Å². The van der Waals surface area contributed by atoms with Crippen molar-refractivity contribution >= 4 is 5.69 Å². The molecule has 0 atom stereocenters. The number of ether oxygens (including phenoxy) is 2. The van der Waals surface area contributed by atoms with Gasteiger partial charge < -0.3 is 14.8 Å². The summed E-state index contributed by atoms with van der Waals surface area (Å²) in [6.07, 6.45) is 0. The molecule has 1 aromatic rings. The predicted octanol–water partition coefficient (Wildman–Crippen LogP) is 2.65. The summed E-state index contributed by atoms with van der Waals surface area (Å²) in [5.41, 5.74) is 1.47. The third kappa shape index (κ3) is 4.64. The second kappa shape index (κ2) is 7.57. The van der Waals surface area contributed by atoms with Crippen LogP contribution in [0, 0.1) is 17.2 Å². The number of anilines is 1. The van der Waals surface area contributed by atoms with Crippen molar-refractivity contribution in [3.05, 3.63) is 23.8 Å². The lowest BCUT2D eigenvalue weighted by Crippen LogP contribution is -2.12. The first kappa shape index (κ1) is 14.3. The van der Waals surface area contributed by atoms with E-state index in [9.17, 15) is 0 Å². The van der Waals surface area contributed by atoms with Crippen LogP contribution in [0.1, 0.15) is 19.4 Å². The van der Waals surface area contributed by atoms with Gasteiger partial charge in [0.1, 0.15) is 5.75 Å². The van der Waals surface area contributed by atoms with Crippen molar-refractivity contribution in [2.24, 2.45) is 5.92 Å². The zero-order chi connectivity index (χ0) is 13.4. The van der Waals surface area contributed by atoms with E-state index in [4.69, 9.17) is 14.7 Å². The average molecular weight is 248 g/mol. The number of benzene rings is 1. The molecule has 0 fully saturated rings. The third-order valence-corrected chi connectivity index (χ3v) is 2.34. The molecule has 0 bridgehead atoms. The Labute approximate surface area is 109 Å². The Morgan fingerprint density at radius 2 is 2.17 bits per heavy atom. The number of hydrogen-bond donors (Lipinski definition) is 1.